The lowest BCUT2D eigenvalue weighted by Gasteiger charge is -2.24. The Morgan fingerprint density at radius 1 is 1.21 bits per heavy atom. The number of methoxy groups -OCH3 is 1. The molecule has 19 heavy (non-hydrogen) atoms. The molecule has 0 fully saturated rings. The van der Waals surface area contributed by atoms with E-state index < -0.39 is 23.6 Å². The Balaban J connectivity index is 2.75. The second-order valence-corrected chi connectivity index (χ2v) is 5.54. The van der Waals surface area contributed by atoms with Gasteiger partial charge in [-0.15, -0.1) is 0 Å². The van der Waals surface area contributed by atoms with Gasteiger partial charge in [0, 0.05) is 0 Å². The minimum absolute atomic E-state index is 0.407. The fraction of sp³-hybridized carbons (Fsp3) is 0.533. The third kappa shape index (κ3) is 4.56. The van der Waals surface area contributed by atoms with Gasteiger partial charge in [-0.1, -0.05) is 12.1 Å². The molecule has 1 rings (SSSR count). The smallest absolute Gasteiger partial charge is 0.312 e. The van der Waals surface area contributed by atoms with Gasteiger partial charge in [-0.25, -0.2) is 0 Å². The van der Waals surface area contributed by atoms with Crippen LogP contribution in [0.1, 0.15) is 39.4 Å². The first-order valence-corrected chi connectivity index (χ1v) is 6.29. The molecule has 0 aliphatic heterocycles. The van der Waals surface area contributed by atoms with E-state index in [9.17, 15) is 9.90 Å². The summed E-state index contributed by atoms with van der Waals surface area (Å²) in [4.78, 5) is 11.9. The molecule has 0 aliphatic rings. The molecule has 2 unspecified atom stereocenters. The third-order valence-corrected chi connectivity index (χ3v) is 2.71. The number of aliphatic hydroxyl groups is 1. The molecule has 4 heteroatoms. The van der Waals surface area contributed by atoms with Crippen molar-refractivity contribution < 1.29 is 19.4 Å². The molecule has 0 saturated carbocycles. The SMILES string of the molecule is COc1ccc(C(O)C(C)C(=O)OC(C)(C)C)cc1. The Labute approximate surface area is 114 Å². The van der Waals surface area contributed by atoms with Gasteiger partial charge in [0.15, 0.2) is 0 Å². The minimum atomic E-state index is -0.888. The maximum Gasteiger partial charge on any atom is 0.312 e. The van der Waals surface area contributed by atoms with Crippen molar-refractivity contribution >= 4 is 5.97 Å². The van der Waals surface area contributed by atoms with Crippen molar-refractivity contribution in [2.75, 3.05) is 7.11 Å². The number of carbonyl (C=O) groups is 1. The normalized spacial score (nSPS) is 14.6. The maximum absolute atomic E-state index is 11.9. The van der Waals surface area contributed by atoms with Crippen LogP contribution in [0.4, 0.5) is 0 Å². The molecule has 0 saturated heterocycles. The molecule has 0 aromatic heterocycles. The lowest BCUT2D eigenvalue weighted by Crippen LogP contribution is -2.30. The number of carbonyl (C=O) groups excluding carboxylic acids is 1. The van der Waals surface area contributed by atoms with Crippen molar-refractivity contribution in [2.45, 2.75) is 39.4 Å². The van der Waals surface area contributed by atoms with Crippen molar-refractivity contribution in [3.8, 4) is 5.75 Å². The number of hydrogen-bond donors (Lipinski definition) is 1. The molecule has 1 aromatic rings. The van der Waals surface area contributed by atoms with Crippen molar-refractivity contribution in [3.63, 3.8) is 0 Å². The number of hydrogen-bond acceptors (Lipinski definition) is 4. The molecule has 106 valence electrons. The van der Waals surface area contributed by atoms with Crippen LogP contribution >= 0.6 is 0 Å². The second-order valence-electron chi connectivity index (χ2n) is 5.54. The predicted molar refractivity (Wildman–Crippen MR) is 73.0 cm³/mol. The third-order valence-electron chi connectivity index (χ3n) is 2.71. The van der Waals surface area contributed by atoms with Gasteiger partial charge in [0.05, 0.1) is 19.1 Å². The Morgan fingerprint density at radius 2 is 1.74 bits per heavy atom. The average molecular weight is 266 g/mol. The van der Waals surface area contributed by atoms with E-state index in [1.807, 2.05) is 0 Å². The van der Waals surface area contributed by atoms with Gasteiger partial charge in [0.2, 0.25) is 0 Å². The number of esters is 1. The summed E-state index contributed by atoms with van der Waals surface area (Å²) in [6.45, 7) is 7.06. The summed E-state index contributed by atoms with van der Waals surface area (Å²) in [6.07, 6.45) is -0.888. The fourth-order valence-electron chi connectivity index (χ4n) is 1.61. The van der Waals surface area contributed by atoms with Crippen molar-refractivity contribution in [2.24, 2.45) is 5.92 Å². The van der Waals surface area contributed by atoms with Gasteiger partial charge in [-0.2, -0.15) is 0 Å². The van der Waals surface area contributed by atoms with E-state index in [2.05, 4.69) is 0 Å². The highest BCUT2D eigenvalue weighted by Gasteiger charge is 2.28. The van der Waals surface area contributed by atoms with Gasteiger partial charge in [0.1, 0.15) is 11.4 Å². The minimum Gasteiger partial charge on any atom is -0.497 e. The first-order chi connectivity index (χ1) is 8.74. The van der Waals surface area contributed by atoms with E-state index >= 15 is 0 Å². The lowest BCUT2D eigenvalue weighted by atomic mass is 9.97. The van der Waals surface area contributed by atoms with Crippen LogP contribution in [0.15, 0.2) is 24.3 Å². The summed E-state index contributed by atoms with van der Waals surface area (Å²) in [5.74, 6) is -0.315. The van der Waals surface area contributed by atoms with E-state index in [0.29, 0.717) is 11.3 Å². The lowest BCUT2D eigenvalue weighted by molar-refractivity contribution is -0.163. The van der Waals surface area contributed by atoms with E-state index in [1.165, 1.54) is 0 Å². The summed E-state index contributed by atoms with van der Waals surface area (Å²) in [5, 5.41) is 10.2. The van der Waals surface area contributed by atoms with E-state index in [-0.39, 0.29) is 0 Å². The van der Waals surface area contributed by atoms with Crippen LogP contribution in [-0.4, -0.2) is 23.8 Å². The van der Waals surface area contributed by atoms with Crippen LogP contribution in [0, 0.1) is 5.92 Å². The van der Waals surface area contributed by atoms with Crippen LogP contribution in [-0.2, 0) is 9.53 Å². The highest BCUT2D eigenvalue weighted by molar-refractivity contribution is 5.73. The standard InChI is InChI=1S/C15H22O4/c1-10(14(17)19-15(2,3)4)13(16)11-6-8-12(18-5)9-7-11/h6-10,13,16H,1-5H3. The molecular formula is C15H22O4. The van der Waals surface area contributed by atoms with Crippen LogP contribution in [0.3, 0.4) is 0 Å². The number of ether oxygens (including phenoxy) is 2. The van der Waals surface area contributed by atoms with Crippen molar-refractivity contribution in [3.05, 3.63) is 29.8 Å². The Morgan fingerprint density at radius 3 is 2.16 bits per heavy atom. The summed E-state index contributed by atoms with van der Waals surface area (Å²) in [7, 11) is 1.58. The number of aliphatic hydroxyl groups excluding tert-OH is 1. The maximum atomic E-state index is 11.9. The zero-order valence-electron chi connectivity index (χ0n) is 12.1. The first kappa shape index (κ1) is 15.5. The van der Waals surface area contributed by atoms with E-state index in [1.54, 1.807) is 59.1 Å². The molecule has 0 radical (unpaired) electrons. The quantitative estimate of drug-likeness (QED) is 0.851. The molecule has 1 aromatic carbocycles. The zero-order chi connectivity index (χ0) is 14.6. The van der Waals surface area contributed by atoms with Crippen LogP contribution in [0.25, 0.3) is 0 Å². The topological polar surface area (TPSA) is 55.8 Å². The average Bonchev–Trinajstić information content (AvgIpc) is 2.35. The van der Waals surface area contributed by atoms with Crippen LogP contribution in [0.2, 0.25) is 0 Å². The van der Waals surface area contributed by atoms with Crippen molar-refractivity contribution in [1.29, 1.82) is 0 Å². The second kappa shape index (κ2) is 6.06. The zero-order valence-corrected chi connectivity index (χ0v) is 12.1. The molecule has 1 N–H and O–H groups in total. The number of benzene rings is 1. The first-order valence-electron chi connectivity index (χ1n) is 6.29. The van der Waals surface area contributed by atoms with Gasteiger partial charge in [-0.05, 0) is 45.4 Å². The Kier molecular flexibility index (Phi) is 4.95. The highest BCUT2D eigenvalue weighted by atomic mass is 16.6. The van der Waals surface area contributed by atoms with E-state index in [0.717, 1.165) is 0 Å². The summed E-state index contributed by atoms with van der Waals surface area (Å²) in [6, 6.07) is 6.98. The molecule has 0 amide bonds. The molecule has 0 heterocycles. The molecular weight excluding hydrogens is 244 g/mol. The van der Waals surface area contributed by atoms with Gasteiger partial charge in [0.25, 0.3) is 0 Å². The highest BCUT2D eigenvalue weighted by Crippen LogP contribution is 2.26. The fourth-order valence-corrected chi connectivity index (χ4v) is 1.61. The molecule has 4 nitrogen and oxygen atoms in total. The molecule has 2 atom stereocenters. The van der Waals surface area contributed by atoms with E-state index in [4.69, 9.17) is 9.47 Å². The molecule has 0 spiro atoms. The van der Waals surface area contributed by atoms with Crippen LogP contribution < -0.4 is 4.74 Å². The molecule has 0 bridgehead atoms. The molecule has 0 aliphatic carbocycles. The number of rotatable bonds is 4. The summed E-state index contributed by atoms with van der Waals surface area (Å²) in [5.41, 5.74) is 0.115. The van der Waals surface area contributed by atoms with Crippen molar-refractivity contribution in [1.82, 2.24) is 0 Å². The summed E-state index contributed by atoms with van der Waals surface area (Å²) >= 11 is 0. The largest absolute Gasteiger partial charge is 0.497 e. The monoisotopic (exact) mass is 266 g/mol. The van der Waals surface area contributed by atoms with Gasteiger partial charge < -0.3 is 14.6 Å². The van der Waals surface area contributed by atoms with Crippen LogP contribution in [0.5, 0.6) is 5.75 Å². The Bertz CT molecular complexity index is 417. The van der Waals surface area contributed by atoms with Gasteiger partial charge in [-0.3, -0.25) is 4.79 Å². The summed E-state index contributed by atoms with van der Waals surface area (Å²) < 4.78 is 10.3. The van der Waals surface area contributed by atoms with Gasteiger partial charge >= 0.3 is 5.97 Å². The predicted octanol–water partition coefficient (Wildman–Crippen LogP) is 2.71. The Hall–Kier alpha value is -1.55.